The lowest BCUT2D eigenvalue weighted by Crippen LogP contribution is -2.55. The molecule has 0 N–H and O–H groups in total. The molecule has 0 aromatic heterocycles. The van der Waals surface area contributed by atoms with Crippen molar-refractivity contribution in [2.75, 3.05) is 11.4 Å². The minimum atomic E-state index is 0.138. The zero-order chi connectivity index (χ0) is 17.8. The van der Waals surface area contributed by atoms with Crippen molar-refractivity contribution < 1.29 is 0 Å². The van der Waals surface area contributed by atoms with Crippen molar-refractivity contribution in [3.63, 3.8) is 0 Å². The summed E-state index contributed by atoms with van der Waals surface area (Å²) in [7, 11) is 0. The van der Waals surface area contributed by atoms with Gasteiger partial charge in [0, 0.05) is 23.2 Å². The van der Waals surface area contributed by atoms with Crippen LogP contribution in [0.25, 0.3) is 0 Å². The molecule has 23 heavy (non-hydrogen) atoms. The molecule has 2 rings (SSSR count). The summed E-state index contributed by atoms with van der Waals surface area (Å²) in [5.74, 6) is 0. The first kappa shape index (κ1) is 18.4. The van der Waals surface area contributed by atoms with Crippen molar-refractivity contribution in [1.82, 2.24) is 0 Å². The predicted molar refractivity (Wildman–Crippen MR) is 104 cm³/mol. The van der Waals surface area contributed by atoms with E-state index in [4.69, 9.17) is 0 Å². The van der Waals surface area contributed by atoms with Gasteiger partial charge in [-0.2, -0.15) is 0 Å². The molecule has 1 nitrogen and oxygen atoms in total. The molecule has 0 bridgehead atoms. The molecule has 0 radical (unpaired) electrons. The SMILES string of the molecule is CCc1cccc2c1C(C(C)(C)C)(C(C)(C)C)CN2C(C)(C)C. The summed E-state index contributed by atoms with van der Waals surface area (Å²) in [5.41, 5.74) is 5.28. The van der Waals surface area contributed by atoms with Gasteiger partial charge in [-0.25, -0.2) is 0 Å². The van der Waals surface area contributed by atoms with Crippen molar-refractivity contribution in [3.05, 3.63) is 29.3 Å². The average Bonchev–Trinajstić information content (AvgIpc) is 2.73. The van der Waals surface area contributed by atoms with Crippen molar-refractivity contribution in [3.8, 4) is 0 Å². The third kappa shape index (κ3) is 2.61. The first-order valence-electron chi connectivity index (χ1n) is 9.17. The molecule has 1 aliphatic rings. The van der Waals surface area contributed by atoms with Crippen LogP contribution in [0.4, 0.5) is 5.69 Å². The highest BCUT2D eigenvalue weighted by Crippen LogP contribution is 2.61. The van der Waals surface area contributed by atoms with Crippen LogP contribution in [0.1, 0.15) is 80.4 Å². The van der Waals surface area contributed by atoms with Crippen LogP contribution in [0.15, 0.2) is 18.2 Å². The molecule has 1 heterocycles. The van der Waals surface area contributed by atoms with E-state index in [1.807, 2.05) is 0 Å². The van der Waals surface area contributed by atoms with Gasteiger partial charge >= 0.3 is 0 Å². The summed E-state index contributed by atoms with van der Waals surface area (Å²) in [6, 6.07) is 6.94. The second-order valence-corrected chi connectivity index (χ2v) is 10.3. The van der Waals surface area contributed by atoms with E-state index in [9.17, 15) is 0 Å². The number of rotatable bonds is 1. The summed E-state index contributed by atoms with van der Waals surface area (Å²) in [6.45, 7) is 25.0. The number of aryl methyl sites for hydroxylation is 1. The highest BCUT2D eigenvalue weighted by Gasteiger charge is 2.58. The van der Waals surface area contributed by atoms with E-state index in [-0.39, 0.29) is 21.8 Å². The maximum atomic E-state index is 2.65. The summed E-state index contributed by atoms with van der Waals surface area (Å²) < 4.78 is 0. The lowest BCUT2D eigenvalue weighted by atomic mass is 9.51. The van der Waals surface area contributed by atoms with Gasteiger partial charge in [0.2, 0.25) is 0 Å². The van der Waals surface area contributed by atoms with Crippen molar-refractivity contribution in [2.45, 2.75) is 86.6 Å². The minimum absolute atomic E-state index is 0.138. The normalized spacial score (nSPS) is 18.3. The Balaban J connectivity index is 2.89. The molecule has 1 heteroatoms. The Morgan fingerprint density at radius 3 is 1.83 bits per heavy atom. The number of fused-ring (bicyclic) bond motifs is 1. The van der Waals surface area contributed by atoms with Crippen LogP contribution in [0, 0.1) is 10.8 Å². The van der Waals surface area contributed by atoms with Crippen molar-refractivity contribution in [1.29, 1.82) is 0 Å². The Kier molecular flexibility index (Phi) is 4.20. The molecular weight excluding hydrogens is 278 g/mol. The molecule has 0 spiro atoms. The fourth-order valence-electron chi connectivity index (χ4n) is 4.95. The van der Waals surface area contributed by atoms with Gasteiger partial charge in [-0.3, -0.25) is 0 Å². The van der Waals surface area contributed by atoms with Crippen LogP contribution in [-0.2, 0) is 11.8 Å². The third-order valence-corrected chi connectivity index (χ3v) is 5.99. The standard InChI is InChI=1S/C22H37N/c1-11-16-13-12-14-17-18(16)22(19(2,3)4,20(5,6)7)15-23(17)21(8,9)10/h12-14H,11,15H2,1-10H3. The Labute approximate surface area is 144 Å². The monoisotopic (exact) mass is 315 g/mol. The summed E-state index contributed by atoms with van der Waals surface area (Å²) in [5, 5.41) is 0. The van der Waals surface area contributed by atoms with E-state index in [1.54, 1.807) is 5.56 Å². The molecule has 0 amide bonds. The van der Waals surface area contributed by atoms with Gasteiger partial charge in [0.1, 0.15) is 0 Å². The maximum Gasteiger partial charge on any atom is 0.0413 e. The molecule has 130 valence electrons. The zero-order valence-electron chi connectivity index (χ0n) is 17.1. The minimum Gasteiger partial charge on any atom is -0.366 e. The molecule has 1 aliphatic heterocycles. The number of hydrogen-bond donors (Lipinski definition) is 0. The second kappa shape index (κ2) is 5.26. The van der Waals surface area contributed by atoms with Gasteiger partial charge < -0.3 is 4.90 Å². The van der Waals surface area contributed by atoms with Gasteiger partial charge in [-0.15, -0.1) is 0 Å². The largest absolute Gasteiger partial charge is 0.366 e. The predicted octanol–water partition coefficient (Wildman–Crippen LogP) is 6.20. The Hall–Kier alpha value is -0.980. The molecule has 0 saturated heterocycles. The topological polar surface area (TPSA) is 3.24 Å². The van der Waals surface area contributed by atoms with Crippen LogP contribution in [0.2, 0.25) is 0 Å². The van der Waals surface area contributed by atoms with E-state index in [2.05, 4.69) is 92.3 Å². The lowest BCUT2D eigenvalue weighted by Gasteiger charge is -2.53. The zero-order valence-corrected chi connectivity index (χ0v) is 17.1. The fraction of sp³-hybridized carbons (Fsp3) is 0.727. The summed E-state index contributed by atoms with van der Waals surface area (Å²) in [6.07, 6.45) is 1.11. The number of benzene rings is 1. The van der Waals surface area contributed by atoms with Crippen LogP contribution in [-0.4, -0.2) is 12.1 Å². The van der Waals surface area contributed by atoms with Gasteiger partial charge in [0.05, 0.1) is 0 Å². The fourth-order valence-corrected chi connectivity index (χ4v) is 4.95. The lowest BCUT2D eigenvalue weighted by molar-refractivity contribution is 0.0628. The van der Waals surface area contributed by atoms with Gasteiger partial charge in [0.25, 0.3) is 0 Å². The Morgan fingerprint density at radius 1 is 0.913 bits per heavy atom. The van der Waals surface area contributed by atoms with E-state index >= 15 is 0 Å². The van der Waals surface area contributed by atoms with Crippen molar-refractivity contribution in [2.24, 2.45) is 10.8 Å². The highest BCUT2D eigenvalue weighted by atomic mass is 15.2. The van der Waals surface area contributed by atoms with Crippen LogP contribution in [0.5, 0.6) is 0 Å². The smallest absolute Gasteiger partial charge is 0.0413 e. The van der Waals surface area contributed by atoms with Crippen molar-refractivity contribution >= 4 is 5.69 Å². The molecular formula is C22H37N. The van der Waals surface area contributed by atoms with Gasteiger partial charge in [-0.05, 0) is 55.2 Å². The summed E-state index contributed by atoms with van der Waals surface area (Å²) in [4.78, 5) is 2.65. The molecule has 1 aromatic rings. The number of hydrogen-bond acceptors (Lipinski definition) is 1. The average molecular weight is 316 g/mol. The van der Waals surface area contributed by atoms with E-state index in [1.165, 1.54) is 11.3 Å². The molecule has 0 aliphatic carbocycles. The van der Waals surface area contributed by atoms with Crippen LogP contribution < -0.4 is 4.90 Å². The second-order valence-electron chi connectivity index (χ2n) is 10.3. The van der Waals surface area contributed by atoms with Crippen LogP contribution >= 0.6 is 0 Å². The van der Waals surface area contributed by atoms with E-state index < -0.39 is 0 Å². The third-order valence-electron chi connectivity index (χ3n) is 5.99. The van der Waals surface area contributed by atoms with Gasteiger partial charge in [0.15, 0.2) is 0 Å². The quantitative estimate of drug-likeness (QED) is 0.596. The van der Waals surface area contributed by atoms with E-state index in [0.29, 0.717) is 0 Å². The molecule has 1 aromatic carbocycles. The first-order chi connectivity index (χ1) is 10.3. The maximum absolute atomic E-state index is 2.65. The Bertz CT molecular complexity index is 561. The summed E-state index contributed by atoms with van der Waals surface area (Å²) >= 11 is 0. The van der Waals surface area contributed by atoms with Crippen LogP contribution in [0.3, 0.4) is 0 Å². The molecule has 0 unspecified atom stereocenters. The number of anilines is 1. The first-order valence-corrected chi connectivity index (χ1v) is 9.17. The molecule has 0 atom stereocenters. The molecule has 0 fully saturated rings. The Morgan fingerprint density at radius 2 is 1.43 bits per heavy atom. The van der Waals surface area contributed by atoms with E-state index in [0.717, 1.165) is 13.0 Å². The number of nitrogens with zero attached hydrogens (tertiary/aromatic N) is 1. The van der Waals surface area contributed by atoms with Gasteiger partial charge in [-0.1, -0.05) is 60.6 Å². The molecule has 0 saturated carbocycles. The highest BCUT2D eigenvalue weighted by molar-refractivity contribution is 5.68.